The summed E-state index contributed by atoms with van der Waals surface area (Å²) in [6, 6.07) is 0. The first-order valence-electron chi connectivity index (χ1n) is 1.87. The molecule has 0 aromatic heterocycles. The maximum absolute atomic E-state index is 9.73. The van der Waals surface area contributed by atoms with Crippen LogP contribution in [0.25, 0.3) is 0 Å². The van der Waals surface area contributed by atoms with Crippen LogP contribution in [0.4, 0.5) is 0 Å². The molecule has 0 heterocycles. The van der Waals surface area contributed by atoms with Crippen molar-refractivity contribution in [2.75, 3.05) is 0 Å². The molecular formula is C4H5ClO3. The van der Waals surface area contributed by atoms with E-state index in [0.29, 0.717) is 6.26 Å². The Balaban J connectivity index is 3.56. The lowest BCUT2D eigenvalue weighted by Crippen LogP contribution is -1.92. The molecule has 0 rings (SSSR count). The summed E-state index contributed by atoms with van der Waals surface area (Å²) < 4.78 is 0. The molecular weight excluding hydrogens is 131 g/mol. The Bertz CT molecular complexity index is 118. The molecule has 0 spiro atoms. The van der Waals surface area contributed by atoms with Gasteiger partial charge >= 0.3 is 5.97 Å². The van der Waals surface area contributed by atoms with Gasteiger partial charge in [0, 0.05) is 0 Å². The number of hydrogen-bond acceptors (Lipinski definition) is 2. The highest BCUT2D eigenvalue weighted by Gasteiger charge is 1.98. The van der Waals surface area contributed by atoms with E-state index in [9.17, 15) is 4.79 Å². The van der Waals surface area contributed by atoms with Gasteiger partial charge in [-0.2, -0.15) is 0 Å². The molecule has 0 aliphatic carbocycles. The second-order valence-electron chi connectivity index (χ2n) is 1.15. The molecule has 0 atom stereocenters. The number of halogens is 1. The van der Waals surface area contributed by atoms with Crippen molar-refractivity contribution in [3.05, 3.63) is 11.3 Å². The van der Waals surface area contributed by atoms with Gasteiger partial charge in [-0.25, -0.2) is 0 Å². The minimum atomic E-state index is -1.06. The fraction of sp³-hybridized carbons (Fsp3) is 0.250. The Morgan fingerprint density at radius 3 is 2.38 bits per heavy atom. The smallest absolute Gasteiger partial charge is 0.308 e. The second kappa shape index (κ2) is 3.32. The van der Waals surface area contributed by atoms with Crippen molar-refractivity contribution in [2.24, 2.45) is 0 Å². The van der Waals surface area contributed by atoms with E-state index in [1.807, 2.05) is 0 Å². The number of rotatable bonds is 2. The summed E-state index contributed by atoms with van der Waals surface area (Å²) in [5, 5.41) is 15.9. The summed E-state index contributed by atoms with van der Waals surface area (Å²) in [5.74, 6) is -1.06. The molecule has 0 saturated heterocycles. The van der Waals surface area contributed by atoms with Crippen LogP contribution in [-0.2, 0) is 4.79 Å². The fourth-order valence-electron chi connectivity index (χ4n) is 0.190. The zero-order valence-electron chi connectivity index (χ0n) is 3.97. The first kappa shape index (κ1) is 7.30. The highest BCUT2D eigenvalue weighted by molar-refractivity contribution is 6.30. The van der Waals surface area contributed by atoms with Crippen molar-refractivity contribution in [1.29, 1.82) is 0 Å². The van der Waals surface area contributed by atoms with E-state index in [1.54, 1.807) is 0 Å². The number of carbonyl (C=O) groups is 1. The molecule has 0 saturated carbocycles. The number of aliphatic carboxylic acids is 1. The maximum atomic E-state index is 9.73. The van der Waals surface area contributed by atoms with E-state index in [1.165, 1.54) is 0 Å². The predicted molar refractivity (Wildman–Crippen MR) is 28.8 cm³/mol. The number of hydrogen-bond donors (Lipinski definition) is 2. The molecule has 3 nitrogen and oxygen atoms in total. The summed E-state index contributed by atoms with van der Waals surface area (Å²) in [4.78, 5) is 9.73. The highest BCUT2D eigenvalue weighted by Crippen LogP contribution is 2.03. The number of aliphatic hydroxyl groups is 1. The van der Waals surface area contributed by atoms with Crippen molar-refractivity contribution in [1.82, 2.24) is 0 Å². The molecule has 0 aromatic rings. The van der Waals surface area contributed by atoms with Crippen molar-refractivity contribution >= 4 is 17.6 Å². The van der Waals surface area contributed by atoms with Gasteiger partial charge in [0.05, 0.1) is 17.7 Å². The quantitative estimate of drug-likeness (QED) is 0.559. The van der Waals surface area contributed by atoms with Gasteiger partial charge in [0.25, 0.3) is 0 Å². The van der Waals surface area contributed by atoms with Gasteiger partial charge in [0.15, 0.2) is 0 Å². The molecule has 0 aliphatic rings. The summed E-state index contributed by atoms with van der Waals surface area (Å²) >= 11 is 5.09. The van der Waals surface area contributed by atoms with Crippen LogP contribution in [0.1, 0.15) is 6.42 Å². The van der Waals surface area contributed by atoms with Crippen molar-refractivity contribution in [2.45, 2.75) is 6.42 Å². The first-order chi connectivity index (χ1) is 3.66. The van der Waals surface area contributed by atoms with E-state index in [-0.39, 0.29) is 11.5 Å². The summed E-state index contributed by atoms with van der Waals surface area (Å²) in [5.41, 5.74) is 0. The van der Waals surface area contributed by atoms with Crippen molar-refractivity contribution in [3.8, 4) is 0 Å². The Hall–Kier alpha value is -0.700. The molecule has 0 fully saturated rings. The summed E-state index contributed by atoms with van der Waals surface area (Å²) in [6.07, 6.45) is 0.244. The SMILES string of the molecule is O=C(O)CC(Cl)=CO. The molecule has 8 heavy (non-hydrogen) atoms. The molecule has 2 N–H and O–H groups in total. The van der Waals surface area contributed by atoms with E-state index in [2.05, 4.69) is 0 Å². The topological polar surface area (TPSA) is 57.5 Å². The average molecular weight is 137 g/mol. The molecule has 0 aliphatic heterocycles. The summed E-state index contributed by atoms with van der Waals surface area (Å²) in [6.45, 7) is 0. The van der Waals surface area contributed by atoms with Crippen LogP contribution in [-0.4, -0.2) is 16.2 Å². The first-order valence-corrected chi connectivity index (χ1v) is 2.25. The lowest BCUT2D eigenvalue weighted by Gasteiger charge is -1.86. The molecule has 0 amide bonds. The lowest BCUT2D eigenvalue weighted by atomic mass is 10.4. The number of carboxylic acid groups (broad SMARTS) is 1. The van der Waals surface area contributed by atoms with Crippen LogP contribution in [0.15, 0.2) is 11.3 Å². The minimum Gasteiger partial charge on any atom is -0.514 e. The van der Waals surface area contributed by atoms with Gasteiger partial charge in [-0.05, 0) is 0 Å². The van der Waals surface area contributed by atoms with Gasteiger partial charge in [-0.15, -0.1) is 0 Å². The average Bonchev–Trinajstić information content (AvgIpc) is 1.65. The van der Waals surface area contributed by atoms with Crippen LogP contribution < -0.4 is 0 Å². The number of aliphatic hydroxyl groups excluding tert-OH is 1. The zero-order valence-corrected chi connectivity index (χ0v) is 4.72. The molecule has 46 valence electrons. The van der Waals surface area contributed by atoms with E-state index in [4.69, 9.17) is 21.8 Å². The van der Waals surface area contributed by atoms with Crippen LogP contribution in [0, 0.1) is 0 Å². The molecule has 0 unspecified atom stereocenters. The monoisotopic (exact) mass is 136 g/mol. The molecule has 0 bridgehead atoms. The lowest BCUT2D eigenvalue weighted by molar-refractivity contribution is -0.136. The second-order valence-corrected chi connectivity index (χ2v) is 1.63. The fourth-order valence-corrected chi connectivity index (χ4v) is 0.304. The third kappa shape index (κ3) is 3.49. The van der Waals surface area contributed by atoms with Gasteiger partial charge in [0.2, 0.25) is 0 Å². The van der Waals surface area contributed by atoms with Crippen LogP contribution in [0.5, 0.6) is 0 Å². The third-order valence-corrected chi connectivity index (χ3v) is 0.691. The Morgan fingerprint density at radius 1 is 1.75 bits per heavy atom. The van der Waals surface area contributed by atoms with Crippen molar-refractivity contribution < 1.29 is 15.0 Å². The van der Waals surface area contributed by atoms with Crippen LogP contribution in [0.3, 0.4) is 0 Å². The van der Waals surface area contributed by atoms with Crippen LogP contribution >= 0.6 is 11.6 Å². The molecule has 0 radical (unpaired) electrons. The normalized spacial score (nSPS) is 11.4. The zero-order chi connectivity index (χ0) is 6.57. The Morgan fingerprint density at radius 2 is 2.25 bits per heavy atom. The van der Waals surface area contributed by atoms with Crippen LogP contribution in [0.2, 0.25) is 0 Å². The Kier molecular flexibility index (Phi) is 3.03. The summed E-state index contributed by atoms with van der Waals surface area (Å²) in [7, 11) is 0. The highest BCUT2D eigenvalue weighted by atomic mass is 35.5. The Labute approximate surface area is 51.2 Å². The van der Waals surface area contributed by atoms with E-state index >= 15 is 0 Å². The maximum Gasteiger partial charge on any atom is 0.308 e. The predicted octanol–water partition coefficient (Wildman–Crippen LogP) is 1.10. The minimum absolute atomic E-state index is 0.0718. The van der Waals surface area contributed by atoms with Gasteiger partial charge in [-0.1, -0.05) is 11.6 Å². The molecule has 4 heteroatoms. The number of carboxylic acids is 1. The van der Waals surface area contributed by atoms with Crippen molar-refractivity contribution in [3.63, 3.8) is 0 Å². The molecule has 0 aromatic carbocycles. The largest absolute Gasteiger partial charge is 0.514 e. The van der Waals surface area contributed by atoms with E-state index < -0.39 is 5.97 Å². The standard InChI is InChI=1S/C4H5ClO3/c5-3(2-6)1-4(7)8/h2,6H,1H2,(H,7,8). The third-order valence-electron chi connectivity index (χ3n) is 0.460. The van der Waals surface area contributed by atoms with Gasteiger partial charge in [-0.3, -0.25) is 4.79 Å². The van der Waals surface area contributed by atoms with Gasteiger partial charge in [0.1, 0.15) is 0 Å². The van der Waals surface area contributed by atoms with E-state index in [0.717, 1.165) is 0 Å². The van der Waals surface area contributed by atoms with Gasteiger partial charge < -0.3 is 10.2 Å².